The van der Waals surface area contributed by atoms with Crippen molar-refractivity contribution in [2.45, 2.75) is 51.9 Å². The molecule has 6 nitrogen and oxygen atoms in total. The fourth-order valence-electron chi connectivity index (χ4n) is 4.33. The average molecular weight is 422 g/mol. The summed E-state index contributed by atoms with van der Waals surface area (Å²) in [6.07, 6.45) is 8.40. The molecule has 2 amide bonds. The molecule has 3 heterocycles. The topological polar surface area (TPSA) is 66.7 Å². The second-order valence-corrected chi connectivity index (χ2v) is 8.65. The molecule has 2 fully saturated rings. The van der Waals surface area contributed by atoms with Gasteiger partial charge in [0, 0.05) is 38.2 Å². The van der Waals surface area contributed by atoms with E-state index < -0.39 is 0 Å². The van der Waals surface area contributed by atoms with Gasteiger partial charge in [0.25, 0.3) is 5.91 Å². The lowest BCUT2D eigenvalue weighted by Gasteiger charge is -2.29. The number of aromatic nitrogens is 1. The van der Waals surface area contributed by atoms with Gasteiger partial charge in [0.05, 0.1) is 0 Å². The number of hydrogen-bond donors (Lipinski definition) is 0. The maximum atomic E-state index is 12.8. The first kappa shape index (κ1) is 21.3. The van der Waals surface area contributed by atoms with Gasteiger partial charge >= 0.3 is 0 Å². The van der Waals surface area contributed by atoms with Crippen LogP contribution in [-0.4, -0.2) is 52.8 Å². The highest BCUT2D eigenvalue weighted by Crippen LogP contribution is 2.29. The SMILES string of the molecule is Cc1ccc(C=CC(=O)N2CCC(c3nc(C(=O)N4CCCCC4)c(C)o3)CC2)cc1. The predicted molar refractivity (Wildman–Crippen MR) is 120 cm³/mol. The number of piperidine rings is 2. The number of rotatable bonds is 4. The first-order chi connectivity index (χ1) is 15.0. The number of amides is 2. The van der Waals surface area contributed by atoms with Crippen LogP contribution < -0.4 is 0 Å². The quantitative estimate of drug-likeness (QED) is 0.689. The molecule has 6 heteroatoms. The molecule has 2 aliphatic heterocycles. The first-order valence-corrected chi connectivity index (χ1v) is 11.3. The number of aryl methyl sites for hydroxylation is 2. The van der Waals surface area contributed by atoms with Crippen LogP contribution >= 0.6 is 0 Å². The molecule has 0 atom stereocenters. The Labute approximate surface area is 183 Å². The van der Waals surface area contributed by atoms with Crippen molar-refractivity contribution >= 4 is 17.9 Å². The number of benzene rings is 1. The van der Waals surface area contributed by atoms with Crippen LogP contribution in [0.5, 0.6) is 0 Å². The number of likely N-dealkylation sites (tertiary alicyclic amines) is 2. The Morgan fingerprint density at radius 1 is 0.968 bits per heavy atom. The van der Waals surface area contributed by atoms with Crippen molar-refractivity contribution < 1.29 is 14.0 Å². The summed E-state index contributed by atoms with van der Waals surface area (Å²) in [4.78, 5) is 33.7. The molecular formula is C25H31N3O3. The van der Waals surface area contributed by atoms with Gasteiger partial charge in [0.1, 0.15) is 5.76 Å². The lowest BCUT2D eigenvalue weighted by molar-refractivity contribution is -0.127. The highest BCUT2D eigenvalue weighted by Gasteiger charge is 2.29. The standard InChI is InChI=1S/C25H31N3O3/c1-18-6-8-20(9-7-18)10-11-22(29)27-16-12-21(13-17-27)24-26-23(19(2)31-24)25(30)28-14-4-3-5-15-28/h6-11,21H,3-5,12-17H2,1-2H3. The Kier molecular flexibility index (Phi) is 6.54. The second kappa shape index (κ2) is 9.50. The molecule has 0 N–H and O–H groups in total. The van der Waals surface area contributed by atoms with E-state index in [9.17, 15) is 9.59 Å². The zero-order valence-corrected chi connectivity index (χ0v) is 18.5. The van der Waals surface area contributed by atoms with Crippen molar-refractivity contribution in [1.82, 2.24) is 14.8 Å². The van der Waals surface area contributed by atoms with E-state index in [-0.39, 0.29) is 17.7 Å². The molecule has 1 aromatic carbocycles. The van der Waals surface area contributed by atoms with Crippen LogP contribution in [-0.2, 0) is 4.79 Å². The smallest absolute Gasteiger partial charge is 0.276 e. The maximum absolute atomic E-state index is 12.8. The molecule has 2 aromatic rings. The molecule has 31 heavy (non-hydrogen) atoms. The third kappa shape index (κ3) is 5.06. The van der Waals surface area contributed by atoms with E-state index in [2.05, 4.69) is 4.98 Å². The summed E-state index contributed by atoms with van der Waals surface area (Å²) in [5.74, 6) is 1.40. The summed E-state index contributed by atoms with van der Waals surface area (Å²) < 4.78 is 5.90. The minimum atomic E-state index is -0.0129. The van der Waals surface area contributed by atoms with Crippen LogP contribution in [0.2, 0.25) is 0 Å². The molecule has 164 valence electrons. The van der Waals surface area contributed by atoms with E-state index in [0.717, 1.165) is 44.3 Å². The van der Waals surface area contributed by atoms with E-state index >= 15 is 0 Å². The third-order valence-electron chi connectivity index (χ3n) is 6.31. The predicted octanol–water partition coefficient (Wildman–Crippen LogP) is 4.34. The van der Waals surface area contributed by atoms with Gasteiger partial charge in [0.15, 0.2) is 11.6 Å². The number of oxazole rings is 1. The van der Waals surface area contributed by atoms with Crippen molar-refractivity contribution in [3.63, 3.8) is 0 Å². The zero-order valence-electron chi connectivity index (χ0n) is 18.5. The van der Waals surface area contributed by atoms with Gasteiger partial charge in [-0.05, 0) is 57.6 Å². The number of carbonyl (C=O) groups is 2. The van der Waals surface area contributed by atoms with Crippen LogP contribution in [0.25, 0.3) is 6.08 Å². The molecule has 1 aromatic heterocycles. The summed E-state index contributed by atoms with van der Waals surface area (Å²) >= 11 is 0. The Morgan fingerprint density at radius 2 is 1.65 bits per heavy atom. The van der Waals surface area contributed by atoms with Gasteiger partial charge in [0.2, 0.25) is 5.91 Å². The van der Waals surface area contributed by atoms with Crippen molar-refractivity contribution in [3.8, 4) is 0 Å². The molecule has 0 bridgehead atoms. The first-order valence-electron chi connectivity index (χ1n) is 11.3. The molecule has 0 radical (unpaired) electrons. The number of nitrogens with zero attached hydrogens (tertiary/aromatic N) is 3. The van der Waals surface area contributed by atoms with E-state index in [0.29, 0.717) is 30.4 Å². The van der Waals surface area contributed by atoms with Gasteiger partial charge in [-0.2, -0.15) is 0 Å². The van der Waals surface area contributed by atoms with E-state index in [1.165, 1.54) is 12.0 Å². The molecule has 2 aliphatic rings. The summed E-state index contributed by atoms with van der Waals surface area (Å²) in [5, 5.41) is 0. The largest absolute Gasteiger partial charge is 0.445 e. The number of hydrogen-bond acceptors (Lipinski definition) is 4. The lowest BCUT2D eigenvalue weighted by Crippen LogP contribution is -2.37. The van der Waals surface area contributed by atoms with Gasteiger partial charge in [-0.25, -0.2) is 4.98 Å². The Balaban J connectivity index is 1.33. The van der Waals surface area contributed by atoms with Crippen molar-refractivity contribution in [1.29, 1.82) is 0 Å². The summed E-state index contributed by atoms with van der Waals surface area (Å²) in [5.41, 5.74) is 2.68. The summed E-state index contributed by atoms with van der Waals surface area (Å²) in [7, 11) is 0. The fourth-order valence-corrected chi connectivity index (χ4v) is 4.33. The average Bonchev–Trinajstić information content (AvgIpc) is 3.20. The highest BCUT2D eigenvalue weighted by atomic mass is 16.4. The minimum Gasteiger partial charge on any atom is -0.445 e. The Bertz CT molecular complexity index is 947. The van der Waals surface area contributed by atoms with Crippen LogP contribution in [0.1, 0.15) is 71.3 Å². The van der Waals surface area contributed by atoms with E-state index in [1.54, 1.807) is 6.08 Å². The van der Waals surface area contributed by atoms with Crippen molar-refractivity contribution in [2.24, 2.45) is 0 Å². The molecule has 0 unspecified atom stereocenters. The lowest BCUT2D eigenvalue weighted by atomic mass is 9.96. The molecule has 0 spiro atoms. The van der Waals surface area contributed by atoms with Gasteiger partial charge in [-0.15, -0.1) is 0 Å². The van der Waals surface area contributed by atoms with Gasteiger partial charge in [-0.3, -0.25) is 9.59 Å². The monoisotopic (exact) mass is 421 g/mol. The van der Waals surface area contributed by atoms with Crippen LogP contribution in [0.3, 0.4) is 0 Å². The Hall–Kier alpha value is -2.89. The molecular weight excluding hydrogens is 390 g/mol. The Morgan fingerprint density at radius 3 is 2.32 bits per heavy atom. The van der Waals surface area contributed by atoms with Crippen molar-refractivity contribution in [2.75, 3.05) is 26.2 Å². The molecule has 0 aliphatic carbocycles. The zero-order chi connectivity index (χ0) is 21.8. The van der Waals surface area contributed by atoms with Crippen LogP contribution in [0.15, 0.2) is 34.8 Å². The normalized spacial score (nSPS) is 18.0. The van der Waals surface area contributed by atoms with Crippen LogP contribution in [0.4, 0.5) is 0 Å². The number of carbonyl (C=O) groups excluding carboxylic acids is 2. The van der Waals surface area contributed by atoms with E-state index in [4.69, 9.17) is 4.42 Å². The molecule has 2 saturated heterocycles. The molecule has 4 rings (SSSR count). The molecule has 0 saturated carbocycles. The van der Waals surface area contributed by atoms with Gasteiger partial charge < -0.3 is 14.2 Å². The summed E-state index contributed by atoms with van der Waals surface area (Å²) in [6, 6.07) is 8.11. The minimum absolute atomic E-state index is 0.0129. The van der Waals surface area contributed by atoms with E-state index in [1.807, 2.05) is 54.0 Å². The second-order valence-electron chi connectivity index (χ2n) is 8.65. The third-order valence-corrected chi connectivity index (χ3v) is 6.31. The van der Waals surface area contributed by atoms with Crippen LogP contribution in [0, 0.1) is 13.8 Å². The van der Waals surface area contributed by atoms with Gasteiger partial charge in [-0.1, -0.05) is 29.8 Å². The maximum Gasteiger partial charge on any atom is 0.276 e. The van der Waals surface area contributed by atoms with Crippen molar-refractivity contribution in [3.05, 3.63) is 58.8 Å². The highest BCUT2D eigenvalue weighted by molar-refractivity contribution is 5.93. The summed E-state index contributed by atoms with van der Waals surface area (Å²) in [6.45, 7) is 6.80. The fraction of sp³-hybridized carbons (Fsp3) is 0.480.